The zero-order chi connectivity index (χ0) is 20.9. The van der Waals surface area contributed by atoms with Gasteiger partial charge < -0.3 is 14.6 Å². The molecular formula is C20H24FN7O2. The second-order valence-corrected chi connectivity index (χ2v) is 7.33. The fourth-order valence-corrected chi connectivity index (χ4v) is 3.49. The normalized spacial score (nSPS) is 15.9. The Kier molecular flexibility index (Phi) is 6.03. The van der Waals surface area contributed by atoms with Gasteiger partial charge in [-0.1, -0.05) is 12.1 Å². The number of hydrogen-bond donors (Lipinski definition) is 1. The molecule has 1 aromatic carbocycles. The fourth-order valence-electron chi connectivity index (χ4n) is 3.49. The molecule has 1 aliphatic rings. The number of amides is 1. The summed E-state index contributed by atoms with van der Waals surface area (Å²) in [5.41, 5.74) is 0.882. The molecule has 0 radical (unpaired) electrons. The fraction of sp³-hybridized carbons (Fsp3) is 0.400. The molecule has 10 heteroatoms. The van der Waals surface area contributed by atoms with Crippen molar-refractivity contribution < 1.29 is 13.6 Å². The van der Waals surface area contributed by atoms with E-state index in [1.54, 1.807) is 23.1 Å². The number of halogens is 1. The number of hydrogen-bond acceptors (Lipinski definition) is 7. The number of nitrogens with one attached hydrogen (secondary N) is 1. The minimum Gasteiger partial charge on any atom is -0.447 e. The maximum absolute atomic E-state index is 14.0. The Balaban J connectivity index is 1.26. The van der Waals surface area contributed by atoms with Gasteiger partial charge in [-0.2, -0.15) is 5.10 Å². The van der Waals surface area contributed by atoms with Gasteiger partial charge >= 0.3 is 0 Å². The molecular weight excluding hydrogens is 389 g/mol. The molecule has 1 aliphatic heterocycles. The summed E-state index contributed by atoms with van der Waals surface area (Å²) in [5, 5.41) is 6.90. The van der Waals surface area contributed by atoms with Crippen LogP contribution < -0.4 is 10.2 Å². The topological polar surface area (TPSA) is 92.3 Å². The molecule has 1 saturated heterocycles. The van der Waals surface area contributed by atoms with Crippen molar-refractivity contribution in [2.75, 3.05) is 31.1 Å². The van der Waals surface area contributed by atoms with Crippen molar-refractivity contribution in [2.24, 2.45) is 0 Å². The minimum atomic E-state index is -0.290. The van der Waals surface area contributed by atoms with Crippen molar-refractivity contribution >= 4 is 11.6 Å². The van der Waals surface area contributed by atoms with Crippen LogP contribution in [0.4, 0.5) is 10.1 Å². The van der Waals surface area contributed by atoms with Gasteiger partial charge in [-0.05, 0) is 19.1 Å². The number of rotatable bonds is 7. The van der Waals surface area contributed by atoms with E-state index in [1.807, 2.05) is 17.9 Å². The zero-order valence-electron chi connectivity index (χ0n) is 16.7. The van der Waals surface area contributed by atoms with Crippen LogP contribution in [0, 0.1) is 5.82 Å². The van der Waals surface area contributed by atoms with Crippen LogP contribution in [0.2, 0.25) is 0 Å². The Morgan fingerprint density at radius 2 is 2.07 bits per heavy atom. The molecule has 0 saturated carbocycles. The molecule has 3 heterocycles. The van der Waals surface area contributed by atoms with Crippen molar-refractivity contribution in [1.29, 1.82) is 0 Å². The highest BCUT2D eigenvalue weighted by Gasteiger charge is 2.21. The van der Waals surface area contributed by atoms with E-state index in [9.17, 15) is 9.18 Å². The number of benzene rings is 1. The molecule has 0 spiro atoms. The predicted octanol–water partition coefficient (Wildman–Crippen LogP) is 1.55. The van der Waals surface area contributed by atoms with Gasteiger partial charge in [-0.3, -0.25) is 14.4 Å². The maximum Gasteiger partial charge on any atom is 0.273 e. The highest BCUT2D eigenvalue weighted by Crippen LogP contribution is 2.20. The van der Waals surface area contributed by atoms with Crippen LogP contribution in [-0.4, -0.2) is 62.8 Å². The second kappa shape index (κ2) is 9.04. The number of anilines is 1. The number of nitrogens with zero attached hydrogens (tertiary/aromatic N) is 6. The molecule has 1 amide bonds. The number of piperazine rings is 1. The summed E-state index contributed by atoms with van der Waals surface area (Å²) in [6.07, 6.45) is 4.43. The summed E-state index contributed by atoms with van der Waals surface area (Å²) in [7, 11) is 0. The molecule has 2 aromatic heterocycles. The smallest absolute Gasteiger partial charge is 0.273 e. The number of para-hydroxylation sites is 1. The van der Waals surface area contributed by atoms with Crippen LogP contribution in [0.25, 0.3) is 0 Å². The number of oxazole rings is 1. The van der Waals surface area contributed by atoms with Crippen LogP contribution in [0.5, 0.6) is 0 Å². The van der Waals surface area contributed by atoms with Crippen molar-refractivity contribution in [2.45, 2.75) is 26.1 Å². The number of carbonyl (C=O) groups excluding carboxylic acids is 1. The third-order valence-electron chi connectivity index (χ3n) is 5.01. The Labute approximate surface area is 173 Å². The van der Waals surface area contributed by atoms with Crippen molar-refractivity contribution in [3.63, 3.8) is 0 Å². The van der Waals surface area contributed by atoms with Crippen LogP contribution in [-0.2, 0) is 13.1 Å². The van der Waals surface area contributed by atoms with Crippen LogP contribution >= 0.6 is 0 Å². The molecule has 1 fully saturated rings. The molecule has 1 atom stereocenters. The Bertz CT molecular complexity index is 967. The van der Waals surface area contributed by atoms with Crippen molar-refractivity contribution in [3.05, 3.63) is 60.6 Å². The van der Waals surface area contributed by atoms with Gasteiger partial charge in [0, 0.05) is 32.2 Å². The Morgan fingerprint density at radius 3 is 2.80 bits per heavy atom. The lowest BCUT2D eigenvalue weighted by Gasteiger charge is -2.35. The van der Waals surface area contributed by atoms with E-state index in [2.05, 4.69) is 25.3 Å². The molecule has 158 valence electrons. The summed E-state index contributed by atoms with van der Waals surface area (Å²) < 4.78 is 21.1. The van der Waals surface area contributed by atoms with Gasteiger partial charge in [-0.25, -0.2) is 14.4 Å². The molecule has 1 unspecified atom stereocenters. The first-order chi connectivity index (χ1) is 14.6. The highest BCUT2D eigenvalue weighted by atomic mass is 19.1. The molecule has 30 heavy (non-hydrogen) atoms. The predicted molar refractivity (Wildman–Crippen MR) is 107 cm³/mol. The van der Waals surface area contributed by atoms with E-state index in [4.69, 9.17) is 4.42 Å². The molecule has 3 aromatic rings. The first kappa shape index (κ1) is 20.0. The largest absolute Gasteiger partial charge is 0.447 e. The van der Waals surface area contributed by atoms with Gasteiger partial charge in [0.25, 0.3) is 5.91 Å². The molecule has 1 N–H and O–H groups in total. The molecule has 4 rings (SSSR count). The van der Waals surface area contributed by atoms with Crippen molar-refractivity contribution in [3.8, 4) is 0 Å². The van der Waals surface area contributed by atoms with Gasteiger partial charge in [0.15, 0.2) is 5.69 Å². The Morgan fingerprint density at radius 1 is 1.27 bits per heavy atom. The third-order valence-corrected chi connectivity index (χ3v) is 5.01. The summed E-state index contributed by atoms with van der Waals surface area (Å²) in [6, 6.07) is 6.69. The van der Waals surface area contributed by atoms with E-state index in [-0.39, 0.29) is 23.5 Å². The van der Waals surface area contributed by atoms with Crippen molar-refractivity contribution in [1.82, 2.24) is 30.0 Å². The lowest BCUT2D eigenvalue weighted by molar-refractivity contribution is 0.0930. The Hall–Kier alpha value is -3.27. The average Bonchev–Trinajstić information content (AvgIpc) is 3.41. The van der Waals surface area contributed by atoms with E-state index in [0.717, 1.165) is 26.2 Å². The third kappa shape index (κ3) is 4.82. The van der Waals surface area contributed by atoms with Crippen LogP contribution in [0.15, 0.2) is 47.6 Å². The SMILES string of the molecule is CC(Cn1cncn1)NC(=O)c1coc(CN2CCN(c3ccccc3F)CC2)n1. The summed E-state index contributed by atoms with van der Waals surface area (Å²) in [6.45, 7) is 5.86. The lowest BCUT2D eigenvalue weighted by atomic mass is 10.2. The summed E-state index contributed by atoms with van der Waals surface area (Å²) >= 11 is 0. The van der Waals surface area contributed by atoms with Crippen LogP contribution in [0.3, 0.4) is 0 Å². The van der Waals surface area contributed by atoms with Crippen LogP contribution in [0.1, 0.15) is 23.3 Å². The van der Waals surface area contributed by atoms with Gasteiger partial charge in [0.05, 0.1) is 18.8 Å². The highest BCUT2D eigenvalue weighted by molar-refractivity contribution is 5.92. The average molecular weight is 413 g/mol. The summed E-state index contributed by atoms with van der Waals surface area (Å²) in [4.78, 5) is 24.8. The maximum atomic E-state index is 14.0. The quantitative estimate of drug-likeness (QED) is 0.628. The molecule has 0 bridgehead atoms. The minimum absolute atomic E-state index is 0.134. The molecule has 0 aliphatic carbocycles. The zero-order valence-corrected chi connectivity index (χ0v) is 16.7. The lowest BCUT2D eigenvalue weighted by Crippen LogP contribution is -2.46. The monoisotopic (exact) mass is 413 g/mol. The summed E-state index contributed by atoms with van der Waals surface area (Å²) in [5.74, 6) is -0.00207. The van der Waals surface area contributed by atoms with E-state index < -0.39 is 0 Å². The molecule has 9 nitrogen and oxygen atoms in total. The number of carbonyl (C=O) groups is 1. The van der Waals surface area contributed by atoms with E-state index in [0.29, 0.717) is 24.7 Å². The van der Waals surface area contributed by atoms with Gasteiger partial charge in [0.1, 0.15) is 24.7 Å². The van der Waals surface area contributed by atoms with E-state index in [1.165, 1.54) is 18.7 Å². The van der Waals surface area contributed by atoms with E-state index >= 15 is 0 Å². The second-order valence-electron chi connectivity index (χ2n) is 7.33. The first-order valence-corrected chi connectivity index (χ1v) is 9.88. The first-order valence-electron chi connectivity index (χ1n) is 9.88. The standard InChI is InChI=1S/C20H24FN7O2/c1-15(10-28-14-22-13-23-28)24-20(29)17-12-30-19(25-17)11-26-6-8-27(9-7-26)18-5-3-2-4-16(18)21/h2-5,12-15H,6-11H2,1H3,(H,24,29). The van der Waals surface area contributed by atoms with Gasteiger partial charge in [0.2, 0.25) is 5.89 Å². The number of aromatic nitrogens is 4. The van der Waals surface area contributed by atoms with Gasteiger partial charge in [-0.15, -0.1) is 0 Å².